The van der Waals surface area contributed by atoms with Crippen molar-refractivity contribution in [1.29, 1.82) is 0 Å². The van der Waals surface area contributed by atoms with Crippen molar-refractivity contribution in [3.8, 4) is 0 Å². The van der Waals surface area contributed by atoms with Crippen LogP contribution in [-0.4, -0.2) is 38.8 Å². The summed E-state index contributed by atoms with van der Waals surface area (Å²) < 4.78 is 26.5. The van der Waals surface area contributed by atoms with E-state index < -0.39 is 15.6 Å². The Morgan fingerprint density at radius 3 is 2.15 bits per heavy atom. The van der Waals surface area contributed by atoms with E-state index in [4.69, 9.17) is 0 Å². The Labute approximate surface area is 121 Å². The quantitative estimate of drug-likeness (QED) is 0.837. The van der Waals surface area contributed by atoms with Gasteiger partial charge < -0.3 is 10.0 Å². The Balaban J connectivity index is 2.89. The van der Waals surface area contributed by atoms with Crippen LogP contribution < -0.4 is 9.62 Å². The van der Waals surface area contributed by atoms with Crippen molar-refractivity contribution in [2.24, 2.45) is 0 Å². The number of benzene rings is 1. The van der Waals surface area contributed by atoms with E-state index in [-0.39, 0.29) is 10.9 Å². The summed E-state index contributed by atoms with van der Waals surface area (Å²) in [5.74, 6) is 0. The van der Waals surface area contributed by atoms with Gasteiger partial charge in [-0.25, -0.2) is 13.1 Å². The first-order valence-corrected chi connectivity index (χ1v) is 8.05. The number of anilines is 1. The first-order valence-electron chi connectivity index (χ1n) is 6.57. The van der Waals surface area contributed by atoms with Crippen LogP contribution in [-0.2, 0) is 10.0 Å². The summed E-state index contributed by atoms with van der Waals surface area (Å²) in [5, 5.41) is 9.78. The Bertz CT molecular complexity index is 531. The van der Waals surface area contributed by atoms with E-state index in [0.29, 0.717) is 6.54 Å². The molecular formula is C14H24N2O3S. The zero-order valence-corrected chi connectivity index (χ0v) is 13.5. The average Bonchev–Trinajstić information content (AvgIpc) is 2.25. The standard InChI is InChI=1S/C14H24N2O3S/c1-11(2)15-20(18,19)13-8-6-12(7-9-13)16(5)10-14(3,4)17/h6-9,11,15,17H,10H2,1-5H3. The zero-order valence-electron chi connectivity index (χ0n) is 12.7. The number of hydrogen-bond acceptors (Lipinski definition) is 4. The normalized spacial score (nSPS) is 12.8. The highest BCUT2D eigenvalue weighted by Crippen LogP contribution is 2.19. The molecule has 6 heteroatoms. The molecule has 0 heterocycles. The number of nitrogens with one attached hydrogen (secondary N) is 1. The van der Waals surface area contributed by atoms with Gasteiger partial charge in [-0.15, -0.1) is 0 Å². The molecule has 0 saturated carbocycles. The molecule has 114 valence electrons. The smallest absolute Gasteiger partial charge is 0.240 e. The molecule has 0 atom stereocenters. The van der Waals surface area contributed by atoms with E-state index in [1.807, 2.05) is 11.9 Å². The SMILES string of the molecule is CC(C)NS(=O)(=O)c1ccc(N(C)CC(C)(C)O)cc1. The monoisotopic (exact) mass is 300 g/mol. The van der Waals surface area contributed by atoms with Crippen LogP contribution in [0.15, 0.2) is 29.2 Å². The van der Waals surface area contributed by atoms with Gasteiger partial charge >= 0.3 is 0 Å². The third-order valence-corrected chi connectivity index (χ3v) is 4.28. The predicted molar refractivity (Wildman–Crippen MR) is 81.5 cm³/mol. The summed E-state index contributed by atoms with van der Waals surface area (Å²) >= 11 is 0. The van der Waals surface area contributed by atoms with E-state index >= 15 is 0 Å². The van der Waals surface area contributed by atoms with Crippen LogP contribution >= 0.6 is 0 Å². The molecule has 1 aromatic rings. The van der Waals surface area contributed by atoms with E-state index in [0.717, 1.165) is 5.69 Å². The number of sulfonamides is 1. The third kappa shape index (κ3) is 5.11. The fraction of sp³-hybridized carbons (Fsp3) is 0.571. The molecule has 0 aromatic heterocycles. The predicted octanol–water partition coefficient (Wildman–Crippen LogP) is 1.58. The maximum atomic E-state index is 12.0. The summed E-state index contributed by atoms with van der Waals surface area (Å²) in [6.45, 7) is 7.49. The summed E-state index contributed by atoms with van der Waals surface area (Å²) in [4.78, 5) is 2.12. The second-order valence-corrected chi connectivity index (χ2v) is 7.65. The van der Waals surface area contributed by atoms with E-state index in [2.05, 4.69) is 4.72 Å². The average molecular weight is 300 g/mol. The van der Waals surface area contributed by atoms with Crippen molar-refractivity contribution in [3.63, 3.8) is 0 Å². The van der Waals surface area contributed by atoms with Crippen molar-refractivity contribution >= 4 is 15.7 Å². The summed E-state index contributed by atoms with van der Waals surface area (Å²) in [7, 11) is -1.60. The third-order valence-electron chi connectivity index (χ3n) is 2.60. The maximum absolute atomic E-state index is 12.0. The molecule has 1 rings (SSSR count). The van der Waals surface area contributed by atoms with Gasteiger partial charge in [0.1, 0.15) is 0 Å². The topological polar surface area (TPSA) is 69.6 Å². The fourth-order valence-electron chi connectivity index (χ4n) is 1.93. The lowest BCUT2D eigenvalue weighted by atomic mass is 10.1. The maximum Gasteiger partial charge on any atom is 0.240 e. The van der Waals surface area contributed by atoms with Gasteiger partial charge in [0.25, 0.3) is 0 Å². The highest BCUT2D eigenvalue weighted by atomic mass is 32.2. The second-order valence-electron chi connectivity index (χ2n) is 5.94. The highest BCUT2D eigenvalue weighted by molar-refractivity contribution is 7.89. The number of hydrogen-bond donors (Lipinski definition) is 2. The molecular weight excluding hydrogens is 276 g/mol. The molecule has 1 aromatic carbocycles. The first kappa shape index (κ1) is 16.9. The van der Waals surface area contributed by atoms with Crippen molar-refractivity contribution < 1.29 is 13.5 Å². The van der Waals surface area contributed by atoms with Gasteiger partial charge in [-0.05, 0) is 52.0 Å². The summed E-state index contributed by atoms with van der Waals surface area (Å²) in [6.07, 6.45) is 0. The Morgan fingerprint density at radius 1 is 1.25 bits per heavy atom. The molecule has 0 fully saturated rings. The summed E-state index contributed by atoms with van der Waals surface area (Å²) in [6, 6.07) is 6.47. The minimum absolute atomic E-state index is 0.141. The van der Waals surface area contributed by atoms with Crippen LogP contribution in [0.4, 0.5) is 5.69 Å². The van der Waals surface area contributed by atoms with Crippen molar-refractivity contribution in [1.82, 2.24) is 4.72 Å². The Morgan fingerprint density at radius 2 is 1.75 bits per heavy atom. The van der Waals surface area contributed by atoms with E-state index in [1.165, 1.54) is 0 Å². The van der Waals surface area contributed by atoms with Crippen molar-refractivity contribution in [2.75, 3.05) is 18.5 Å². The lowest BCUT2D eigenvalue weighted by Crippen LogP contribution is -2.36. The van der Waals surface area contributed by atoms with Gasteiger partial charge in [0, 0.05) is 25.3 Å². The molecule has 0 amide bonds. The van der Waals surface area contributed by atoms with Gasteiger partial charge in [0.2, 0.25) is 10.0 Å². The molecule has 0 aliphatic carbocycles. The van der Waals surface area contributed by atoms with E-state index in [9.17, 15) is 13.5 Å². The number of likely N-dealkylation sites (N-methyl/N-ethyl adjacent to an activating group) is 1. The van der Waals surface area contributed by atoms with Crippen LogP contribution in [0.5, 0.6) is 0 Å². The molecule has 0 saturated heterocycles. The Kier molecular flexibility index (Phi) is 5.18. The van der Waals surface area contributed by atoms with Crippen LogP contribution in [0.25, 0.3) is 0 Å². The zero-order chi connectivity index (χ0) is 15.6. The number of aliphatic hydroxyl groups is 1. The first-order chi connectivity index (χ1) is 9.01. The second kappa shape index (κ2) is 6.11. The molecule has 5 nitrogen and oxygen atoms in total. The number of rotatable bonds is 6. The van der Waals surface area contributed by atoms with Gasteiger partial charge in [0.05, 0.1) is 10.5 Å². The van der Waals surface area contributed by atoms with Crippen LogP contribution in [0.3, 0.4) is 0 Å². The van der Waals surface area contributed by atoms with Crippen LogP contribution in [0.2, 0.25) is 0 Å². The fourth-order valence-corrected chi connectivity index (χ4v) is 3.18. The summed E-state index contributed by atoms with van der Waals surface area (Å²) in [5.41, 5.74) is 0.0502. The molecule has 20 heavy (non-hydrogen) atoms. The number of nitrogens with zero attached hydrogens (tertiary/aromatic N) is 1. The molecule has 0 unspecified atom stereocenters. The van der Waals surface area contributed by atoms with Gasteiger partial charge in [-0.1, -0.05) is 0 Å². The molecule has 0 spiro atoms. The van der Waals surface area contributed by atoms with Gasteiger partial charge in [-0.2, -0.15) is 0 Å². The highest BCUT2D eigenvalue weighted by Gasteiger charge is 2.18. The van der Waals surface area contributed by atoms with Crippen molar-refractivity contribution in [3.05, 3.63) is 24.3 Å². The minimum Gasteiger partial charge on any atom is -0.389 e. The van der Waals surface area contributed by atoms with Crippen LogP contribution in [0.1, 0.15) is 27.7 Å². The van der Waals surface area contributed by atoms with Crippen LogP contribution in [0, 0.1) is 0 Å². The van der Waals surface area contributed by atoms with Gasteiger partial charge in [0.15, 0.2) is 0 Å². The molecule has 0 radical (unpaired) electrons. The molecule has 0 aliphatic heterocycles. The van der Waals surface area contributed by atoms with E-state index in [1.54, 1.807) is 52.0 Å². The lowest BCUT2D eigenvalue weighted by Gasteiger charge is -2.27. The largest absolute Gasteiger partial charge is 0.389 e. The lowest BCUT2D eigenvalue weighted by molar-refractivity contribution is 0.0886. The Hall–Kier alpha value is -1.11. The molecule has 2 N–H and O–H groups in total. The minimum atomic E-state index is -3.46. The molecule has 0 bridgehead atoms. The van der Waals surface area contributed by atoms with Gasteiger partial charge in [-0.3, -0.25) is 0 Å². The van der Waals surface area contributed by atoms with Crippen molar-refractivity contribution in [2.45, 2.75) is 44.2 Å². The molecule has 0 aliphatic rings.